The maximum atomic E-state index is 13.5. The van der Waals surface area contributed by atoms with Crippen molar-refractivity contribution < 1.29 is 75.3 Å². The molecule has 19 heteroatoms. The van der Waals surface area contributed by atoms with Crippen molar-refractivity contribution in [1.29, 1.82) is 0 Å². The molecule has 0 unspecified atom stereocenters. The molecule has 0 fully saturated rings. The number of hydrogen-bond acceptors (Lipinski definition) is 4. The Bertz CT molecular complexity index is 1380. The fourth-order valence-corrected chi connectivity index (χ4v) is 3.40. The summed E-state index contributed by atoms with van der Waals surface area (Å²) in [7, 11) is 0. The van der Waals surface area contributed by atoms with Gasteiger partial charge in [0.05, 0.1) is 27.8 Å². The second kappa shape index (κ2) is 10.3. The van der Waals surface area contributed by atoms with Crippen molar-refractivity contribution in [3.63, 3.8) is 0 Å². The van der Waals surface area contributed by atoms with E-state index in [-0.39, 0.29) is 30.3 Å². The van der Waals surface area contributed by atoms with Gasteiger partial charge in [-0.05, 0) is 24.3 Å². The average molecular weight is 632 g/mol. The van der Waals surface area contributed by atoms with Crippen LogP contribution in [0.25, 0.3) is 0 Å². The van der Waals surface area contributed by atoms with E-state index in [1.54, 1.807) is 0 Å². The summed E-state index contributed by atoms with van der Waals surface area (Å²) in [4.78, 5) is 0. The molecule has 3 aromatic carbocycles. The van der Waals surface area contributed by atoms with Crippen molar-refractivity contribution >= 4 is 11.4 Å². The van der Waals surface area contributed by atoms with E-state index in [4.69, 9.17) is 20.9 Å². The van der Waals surface area contributed by atoms with Crippen molar-refractivity contribution in [3.8, 4) is 23.0 Å². The van der Waals surface area contributed by atoms with Gasteiger partial charge < -0.3 is 20.9 Å². The molecule has 0 saturated carbocycles. The zero-order valence-electron chi connectivity index (χ0n) is 19.7. The van der Waals surface area contributed by atoms with Crippen LogP contribution in [0.4, 0.5) is 77.2 Å². The summed E-state index contributed by atoms with van der Waals surface area (Å²) in [6.45, 7) is 0. The van der Waals surface area contributed by atoms with Gasteiger partial charge in [-0.3, -0.25) is 0 Å². The van der Waals surface area contributed by atoms with Crippen LogP contribution in [0.1, 0.15) is 27.8 Å². The first kappa shape index (κ1) is 32.3. The average Bonchev–Trinajstić information content (AvgIpc) is 2.75. The monoisotopic (exact) mass is 632 g/mol. The smallest absolute Gasteiger partial charge is 0.420 e. The largest absolute Gasteiger partial charge is 0.456 e. The number of nitrogens with two attached hydrogens (primary N) is 2. The highest BCUT2D eigenvalue weighted by Gasteiger charge is 2.42. The van der Waals surface area contributed by atoms with Crippen LogP contribution in [0, 0.1) is 0 Å². The zero-order chi connectivity index (χ0) is 32.2. The molecule has 0 atom stereocenters. The molecule has 0 spiro atoms. The van der Waals surface area contributed by atoms with Crippen LogP contribution in [-0.2, 0) is 30.9 Å². The molecule has 4 N–H and O–H groups in total. The maximum Gasteiger partial charge on any atom is 0.420 e. The summed E-state index contributed by atoms with van der Waals surface area (Å²) in [5.41, 5.74) is -2.38. The number of ether oxygens (including phenoxy) is 2. The molecule has 0 bridgehead atoms. The maximum absolute atomic E-state index is 13.5. The van der Waals surface area contributed by atoms with E-state index in [2.05, 4.69) is 0 Å². The molecular formula is C23H11F15N2O2. The van der Waals surface area contributed by atoms with Crippen molar-refractivity contribution in [1.82, 2.24) is 0 Å². The quantitative estimate of drug-likeness (QED) is 0.222. The zero-order valence-corrected chi connectivity index (χ0v) is 19.7. The normalized spacial score (nSPS) is 13.3. The van der Waals surface area contributed by atoms with Crippen LogP contribution in [0.5, 0.6) is 23.0 Å². The first-order valence-corrected chi connectivity index (χ1v) is 10.5. The minimum atomic E-state index is -5.58. The van der Waals surface area contributed by atoms with Gasteiger partial charge in [-0.1, -0.05) is 0 Å². The third-order valence-electron chi connectivity index (χ3n) is 5.19. The van der Waals surface area contributed by atoms with Gasteiger partial charge in [0.1, 0.15) is 23.0 Å². The van der Waals surface area contributed by atoms with Crippen LogP contribution in [-0.4, -0.2) is 0 Å². The molecule has 0 radical (unpaired) electrons. The van der Waals surface area contributed by atoms with Crippen molar-refractivity contribution in [2.24, 2.45) is 0 Å². The summed E-state index contributed by atoms with van der Waals surface area (Å²) >= 11 is 0. The van der Waals surface area contributed by atoms with E-state index in [9.17, 15) is 65.9 Å². The van der Waals surface area contributed by atoms with Crippen molar-refractivity contribution in [2.75, 3.05) is 11.5 Å². The summed E-state index contributed by atoms with van der Waals surface area (Å²) < 4.78 is 209. The number of rotatable bonds is 4. The summed E-state index contributed by atoms with van der Waals surface area (Å²) in [5.74, 6) is -5.57. The molecule has 0 aliphatic rings. The molecular weight excluding hydrogens is 621 g/mol. The minimum Gasteiger partial charge on any atom is -0.456 e. The van der Waals surface area contributed by atoms with E-state index in [1.807, 2.05) is 0 Å². The molecule has 3 aromatic rings. The van der Waals surface area contributed by atoms with Crippen LogP contribution in [0.3, 0.4) is 0 Å². The highest BCUT2D eigenvalue weighted by molar-refractivity contribution is 5.60. The Labute approximate surface area is 223 Å². The summed E-state index contributed by atoms with van der Waals surface area (Å²) in [6.07, 6.45) is -27.3. The molecule has 0 aliphatic carbocycles. The molecule has 0 aliphatic heterocycles. The van der Waals surface area contributed by atoms with Gasteiger partial charge in [0.25, 0.3) is 0 Å². The van der Waals surface area contributed by atoms with Gasteiger partial charge in [-0.2, -0.15) is 65.9 Å². The second-order valence-electron chi connectivity index (χ2n) is 8.26. The van der Waals surface area contributed by atoms with Gasteiger partial charge in [-0.15, -0.1) is 0 Å². The van der Waals surface area contributed by atoms with E-state index in [0.29, 0.717) is 0 Å². The number of hydrogen-bond donors (Lipinski definition) is 2. The van der Waals surface area contributed by atoms with E-state index in [1.165, 1.54) is 0 Å². The van der Waals surface area contributed by atoms with Crippen molar-refractivity contribution in [3.05, 3.63) is 70.3 Å². The molecule has 3 rings (SSSR count). The molecule has 0 saturated heterocycles. The number of alkyl halides is 15. The predicted molar refractivity (Wildman–Crippen MR) is 113 cm³/mol. The molecule has 42 heavy (non-hydrogen) atoms. The van der Waals surface area contributed by atoms with Gasteiger partial charge in [0.15, 0.2) is 0 Å². The Balaban J connectivity index is 2.20. The minimum absolute atomic E-state index is 0.00472. The Morgan fingerprint density at radius 3 is 0.952 bits per heavy atom. The molecule has 4 nitrogen and oxygen atoms in total. The Hall–Kier alpha value is -4.19. The number of anilines is 2. The summed E-state index contributed by atoms with van der Waals surface area (Å²) in [6, 6.07) is -0.612. The van der Waals surface area contributed by atoms with Gasteiger partial charge in [-0.25, -0.2) is 0 Å². The second-order valence-corrected chi connectivity index (χ2v) is 8.26. The van der Waals surface area contributed by atoms with Gasteiger partial charge in [0, 0.05) is 29.6 Å². The Kier molecular flexibility index (Phi) is 7.90. The lowest BCUT2D eigenvalue weighted by atomic mass is 10.1. The third kappa shape index (κ3) is 7.17. The van der Waals surface area contributed by atoms with Gasteiger partial charge >= 0.3 is 30.9 Å². The predicted octanol–water partition coefficient (Wildman–Crippen LogP) is 9.53. The van der Waals surface area contributed by atoms with E-state index < -0.39 is 105 Å². The lowest BCUT2D eigenvalue weighted by molar-refractivity contribution is -0.144. The fraction of sp³-hybridized carbons (Fsp3) is 0.217. The summed E-state index contributed by atoms with van der Waals surface area (Å²) in [5, 5.41) is 0. The first-order chi connectivity index (χ1) is 18.8. The van der Waals surface area contributed by atoms with Gasteiger partial charge in [0.2, 0.25) is 0 Å². The topological polar surface area (TPSA) is 70.5 Å². The first-order valence-electron chi connectivity index (χ1n) is 10.5. The fourth-order valence-electron chi connectivity index (χ4n) is 3.40. The third-order valence-corrected chi connectivity index (χ3v) is 5.19. The lowest BCUT2D eigenvalue weighted by Gasteiger charge is -2.20. The lowest BCUT2D eigenvalue weighted by Crippen LogP contribution is -2.15. The Morgan fingerprint density at radius 2 is 0.690 bits per heavy atom. The van der Waals surface area contributed by atoms with E-state index in [0.717, 1.165) is 0 Å². The van der Waals surface area contributed by atoms with Crippen LogP contribution >= 0.6 is 0 Å². The van der Waals surface area contributed by atoms with Crippen LogP contribution < -0.4 is 20.9 Å². The highest BCUT2D eigenvalue weighted by atomic mass is 19.4. The number of halogens is 15. The highest BCUT2D eigenvalue weighted by Crippen LogP contribution is 2.48. The van der Waals surface area contributed by atoms with Crippen LogP contribution in [0.15, 0.2) is 42.5 Å². The molecule has 0 heterocycles. The van der Waals surface area contributed by atoms with Crippen LogP contribution in [0.2, 0.25) is 0 Å². The molecule has 0 amide bonds. The van der Waals surface area contributed by atoms with E-state index >= 15 is 0 Å². The SMILES string of the molecule is Nc1cc(Oc2cc(Oc3cc(N)c(C(F)(F)F)cc3C(F)(F)F)cc(C(F)(F)F)c2)c(C(F)(F)F)cc1C(F)(F)F. The standard InChI is InChI=1S/C23H11F15N2O2/c24-19(25,26)8-1-9(41-17-6-15(39)11(20(27,28)29)4-13(17)22(33,34)35)3-10(2-8)42-18-7-16(40)12(21(30,31)32)5-14(18)23(36,37)38/h1-7H,39-40H2. The molecule has 230 valence electrons. The van der Waals surface area contributed by atoms with Crippen molar-refractivity contribution in [2.45, 2.75) is 30.9 Å². The Morgan fingerprint density at radius 1 is 0.381 bits per heavy atom. The molecule has 0 aromatic heterocycles. The number of benzene rings is 3. The number of nitrogen functional groups attached to an aromatic ring is 2.